The van der Waals surface area contributed by atoms with E-state index in [1.54, 1.807) is 24.3 Å². The molecule has 0 aromatic heterocycles. The normalized spacial score (nSPS) is 10.9. The third-order valence-electron chi connectivity index (χ3n) is 2.78. The van der Waals surface area contributed by atoms with Gasteiger partial charge in [0.25, 0.3) is 0 Å². The molecule has 2 rings (SSSR count). The maximum atomic E-state index is 13.5. The Balaban J connectivity index is 1.99. The average Bonchev–Trinajstić information content (AvgIpc) is 2.48. The molecule has 0 saturated heterocycles. The van der Waals surface area contributed by atoms with Crippen molar-refractivity contribution < 1.29 is 17.5 Å². The Hall–Kier alpha value is -2.39. The average molecular weight is 305 g/mol. The van der Waals surface area contributed by atoms with Gasteiger partial charge in [0.15, 0.2) is 9.84 Å². The van der Waals surface area contributed by atoms with Gasteiger partial charge in [0.05, 0.1) is 17.4 Å². The van der Waals surface area contributed by atoms with Gasteiger partial charge in [0, 0.05) is 0 Å². The smallest absolute Gasteiger partial charge is 0.184 e. The zero-order chi connectivity index (χ0) is 15.3. The second kappa shape index (κ2) is 6.37. The zero-order valence-corrected chi connectivity index (χ0v) is 11.8. The summed E-state index contributed by atoms with van der Waals surface area (Å²) in [6.45, 7) is -0.0947. The highest BCUT2D eigenvalue weighted by Gasteiger charge is 2.18. The number of hydrogen-bond donors (Lipinski definition) is 0. The molecule has 108 valence electrons. The number of ether oxygens (including phenoxy) is 1. The second-order valence-electron chi connectivity index (χ2n) is 4.23. The fourth-order valence-corrected chi connectivity index (χ4v) is 2.88. The van der Waals surface area contributed by atoms with E-state index in [0.717, 1.165) is 6.07 Å². The number of benzene rings is 2. The first kappa shape index (κ1) is 15.0. The molecular weight excluding hydrogens is 293 g/mol. The topological polar surface area (TPSA) is 67.2 Å². The van der Waals surface area contributed by atoms with E-state index in [0.29, 0.717) is 11.3 Å². The van der Waals surface area contributed by atoms with Crippen molar-refractivity contribution in [2.45, 2.75) is 4.90 Å². The molecule has 0 bridgehead atoms. The summed E-state index contributed by atoms with van der Waals surface area (Å²) in [6, 6.07) is 13.5. The minimum atomic E-state index is -3.73. The Morgan fingerprint density at radius 1 is 1.10 bits per heavy atom. The Bertz CT molecular complexity index is 764. The molecule has 0 N–H and O–H groups in total. The van der Waals surface area contributed by atoms with Gasteiger partial charge >= 0.3 is 0 Å². The first-order chi connectivity index (χ1) is 10.0. The maximum Gasteiger partial charge on any atom is 0.184 e. The van der Waals surface area contributed by atoms with Gasteiger partial charge in [-0.05, 0) is 36.4 Å². The van der Waals surface area contributed by atoms with Crippen molar-refractivity contribution in [3.05, 3.63) is 59.9 Å². The lowest BCUT2D eigenvalue weighted by molar-refractivity contribution is 0.340. The molecule has 0 unspecified atom stereocenters. The molecule has 0 atom stereocenters. The lowest BCUT2D eigenvalue weighted by atomic mass is 10.2. The lowest BCUT2D eigenvalue weighted by Crippen LogP contribution is -2.15. The van der Waals surface area contributed by atoms with Crippen LogP contribution in [0.4, 0.5) is 4.39 Å². The quantitative estimate of drug-likeness (QED) is 0.851. The minimum Gasteiger partial charge on any atom is -0.493 e. The number of sulfone groups is 1. The summed E-state index contributed by atoms with van der Waals surface area (Å²) in [5.74, 6) is -0.637. The summed E-state index contributed by atoms with van der Waals surface area (Å²) in [5, 5.41) is 8.66. The molecule has 0 amide bonds. The van der Waals surface area contributed by atoms with Crippen LogP contribution in [-0.4, -0.2) is 20.8 Å². The number of nitrogens with zero attached hydrogens (tertiary/aromatic N) is 1. The fraction of sp³-hybridized carbons (Fsp3) is 0.133. The summed E-state index contributed by atoms with van der Waals surface area (Å²) in [4.78, 5) is -0.326. The van der Waals surface area contributed by atoms with Crippen LogP contribution in [0.3, 0.4) is 0 Å². The number of rotatable bonds is 5. The van der Waals surface area contributed by atoms with Gasteiger partial charge in [-0.3, -0.25) is 0 Å². The summed E-state index contributed by atoms with van der Waals surface area (Å²) in [6.07, 6.45) is 0. The van der Waals surface area contributed by atoms with E-state index in [9.17, 15) is 12.8 Å². The Kier molecular flexibility index (Phi) is 4.55. The van der Waals surface area contributed by atoms with Gasteiger partial charge < -0.3 is 4.74 Å². The van der Waals surface area contributed by atoms with Gasteiger partial charge in [-0.1, -0.05) is 12.1 Å². The summed E-state index contributed by atoms with van der Waals surface area (Å²) in [5.41, 5.74) is 0.487. The van der Waals surface area contributed by atoms with Gasteiger partial charge in [-0.2, -0.15) is 5.26 Å². The number of halogens is 1. The molecule has 6 heteroatoms. The van der Waals surface area contributed by atoms with Crippen LogP contribution in [0.25, 0.3) is 0 Å². The molecular formula is C15H12FNO3S. The fourth-order valence-electron chi connectivity index (χ4n) is 1.70. The highest BCUT2D eigenvalue weighted by Crippen LogP contribution is 2.16. The van der Waals surface area contributed by atoms with Crippen molar-refractivity contribution in [3.63, 3.8) is 0 Å². The Morgan fingerprint density at radius 3 is 2.38 bits per heavy atom. The standard InChI is InChI=1S/C15H12FNO3S/c16-14-3-1-2-4-15(14)21(18,19)10-9-20-13-7-5-12(11-17)6-8-13/h1-8H,9-10H2. The monoisotopic (exact) mass is 305 g/mol. The molecule has 0 heterocycles. The van der Waals surface area contributed by atoms with E-state index in [2.05, 4.69) is 0 Å². The highest BCUT2D eigenvalue weighted by atomic mass is 32.2. The van der Waals surface area contributed by atoms with E-state index in [-0.39, 0.29) is 17.3 Å². The van der Waals surface area contributed by atoms with Crippen molar-refractivity contribution in [2.24, 2.45) is 0 Å². The number of nitriles is 1. The van der Waals surface area contributed by atoms with Crippen molar-refractivity contribution >= 4 is 9.84 Å². The first-order valence-corrected chi connectivity index (χ1v) is 7.78. The largest absolute Gasteiger partial charge is 0.493 e. The van der Waals surface area contributed by atoms with Gasteiger partial charge in [0.1, 0.15) is 23.1 Å². The van der Waals surface area contributed by atoms with Crippen LogP contribution in [-0.2, 0) is 9.84 Å². The molecule has 0 fully saturated rings. The Labute approximate surface area is 122 Å². The molecule has 0 aliphatic carbocycles. The molecule has 2 aromatic carbocycles. The second-order valence-corrected chi connectivity index (χ2v) is 6.31. The van der Waals surface area contributed by atoms with E-state index in [1.165, 1.54) is 18.2 Å². The minimum absolute atomic E-state index is 0.0947. The maximum absolute atomic E-state index is 13.5. The van der Waals surface area contributed by atoms with E-state index in [4.69, 9.17) is 10.00 Å². The molecule has 0 aliphatic heterocycles. The van der Waals surface area contributed by atoms with E-state index < -0.39 is 15.7 Å². The van der Waals surface area contributed by atoms with E-state index in [1.807, 2.05) is 6.07 Å². The van der Waals surface area contributed by atoms with Crippen LogP contribution in [0, 0.1) is 17.1 Å². The SMILES string of the molecule is N#Cc1ccc(OCCS(=O)(=O)c2ccccc2F)cc1. The highest BCUT2D eigenvalue weighted by molar-refractivity contribution is 7.91. The molecule has 4 nitrogen and oxygen atoms in total. The molecule has 0 spiro atoms. The van der Waals surface area contributed by atoms with Crippen LogP contribution in [0.1, 0.15) is 5.56 Å². The van der Waals surface area contributed by atoms with Crippen molar-refractivity contribution in [1.29, 1.82) is 5.26 Å². The van der Waals surface area contributed by atoms with Crippen molar-refractivity contribution in [2.75, 3.05) is 12.4 Å². The van der Waals surface area contributed by atoms with E-state index >= 15 is 0 Å². The molecule has 2 aromatic rings. The van der Waals surface area contributed by atoms with Gasteiger partial charge in [0.2, 0.25) is 0 Å². The molecule has 21 heavy (non-hydrogen) atoms. The predicted molar refractivity (Wildman–Crippen MR) is 75.1 cm³/mol. The van der Waals surface area contributed by atoms with Crippen LogP contribution in [0.2, 0.25) is 0 Å². The summed E-state index contributed by atoms with van der Waals surface area (Å²) < 4.78 is 42.7. The van der Waals surface area contributed by atoms with Gasteiger partial charge in [-0.15, -0.1) is 0 Å². The van der Waals surface area contributed by atoms with Crippen LogP contribution < -0.4 is 4.74 Å². The van der Waals surface area contributed by atoms with Crippen LogP contribution in [0.5, 0.6) is 5.75 Å². The van der Waals surface area contributed by atoms with Gasteiger partial charge in [-0.25, -0.2) is 12.8 Å². The summed E-state index contributed by atoms with van der Waals surface area (Å²) in [7, 11) is -3.73. The van der Waals surface area contributed by atoms with Crippen LogP contribution in [0.15, 0.2) is 53.4 Å². The third kappa shape index (κ3) is 3.80. The lowest BCUT2D eigenvalue weighted by Gasteiger charge is -2.08. The molecule has 0 saturated carbocycles. The molecule has 0 aliphatic rings. The first-order valence-electron chi connectivity index (χ1n) is 6.13. The molecule has 0 radical (unpaired) electrons. The number of hydrogen-bond acceptors (Lipinski definition) is 4. The Morgan fingerprint density at radius 2 is 1.76 bits per heavy atom. The van der Waals surface area contributed by atoms with Crippen molar-refractivity contribution in [1.82, 2.24) is 0 Å². The van der Waals surface area contributed by atoms with Crippen molar-refractivity contribution in [3.8, 4) is 11.8 Å². The predicted octanol–water partition coefficient (Wildman–Crippen LogP) is 2.55. The van der Waals surface area contributed by atoms with Crippen LogP contribution >= 0.6 is 0 Å². The summed E-state index contributed by atoms with van der Waals surface area (Å²) >= 11 is 0. The zero-order valence-electron chi connectivity index (χ0n) is 11.0. The third-order valence-corrected chi connectivity index (χ3v) is 4.48.